The molecule has 0 radical (unpaired) electrons. The zero-order valence-corrected chi connectivity index (χ0v) is 10.8. The first-order valence-electron chi connectivity index (χ1n) is 5.41. The molecule has 2 aromatic rings. The third kappa shape index (κ3) is 2.54. The van der Waals surface area contributed by atoms with Crippen molar-refractivity contribution in [3.8, 4) is 17.3 Å². The zero-order chi connectivity index (χ0) is 15.7. The first-order chi connectivity index (χ1) is 9.88. The van der Waals surface area contributed by atoms with Gasteiger partial charge in [0, 0.05) is 6.20 Å². The summed E-state index contributed by atoms with van der Waals surface area (Å²) in [6, 6.07) is 2.87. The van der Waals surface area contributed by atoms with Crippen molar-refractivity contribution < 1.29 is 22.0 Å². The Morgan fingerprint density at radius 1 is 1.00 bits per heavy atom. The molecule has 2 nitrogen and oxygen atoms in total. The van der Waals surface area contributed by atoms with Crippen molar-refractivity contribution in [1.82, 2.24) is 4.98 Å². The van der Waals surface area contributed by atoms with Gasteiger partial charge in [-0.3, -0.25) is 4.98 Å². The van der Waals surface area contributed by atoms with Gasteiger partial charge < -0.3 is 0 Å². The van der Waals surface area contributed by atoms with Crippen LogP contribution in [0.1, 0.15) is 5.56 Å². The van der Waals surface area contributed by atoms with Crippen molar-refractivity contribution in [3.05, 3.63) is 51.9 Å². The highest BCUT2D eigenvalue weighted by molar-refractivity contribution is 6.30. The van der Waals surface area contributed by atoms with E-state index in [2.05, 4.69) is 4.98 Å². The predicted molar refractivity (Wildman–Crippen MR) is 63.8 cm³/mol. The zero-order valence-electron chi connectivity index (χ0n) is 10.0. The van der Waals surface area contributed by atoms with Crippen molar-refractivity contribution >= 4 is 11.6 Å². The maximum atomic E-state index is 13.7. The molecule has 0 spiro atoms. The van der Waals surface area contributed by atoms with Crippen LogP contribution in [0.25, 0.3) is 11.3 Å². The number of halogens is 6. The maximum absolute atomic E-state index is 13.7. The Morgan fingerprint density at radius 3 is 2.05 bits per heavy atom. The molecule has 1 aromatic heterocycles. The van der Waals surface area contributed by atoms with E-state index in [-0.39, 0.29) is 17.0 Å². The lowest BCUT2D eigenvalue weighted by Crippen LogP contribution is -2.06. The molecule has 0 atom stereocenters. The Bertz CT molecular complexity index is 741. The van der Waals surface area contributed by atoms with E-state index in [1.807, 2.05) is 0 Å². The van der Waals surface area contributed by atoms with E-state index >= 15 is 0 Å². The van der Waals surface area contributed by atoms with E-state index in [9.17, 15) is 22.0 Å². The Hall–Kier alpha value is -2.20. The molecule has 2 rings (SSSR count). The van der Waals surface area contributed by atoms with Crippen LogP contribution in [0.15, 0.2) is 12.3 Å². The number of rotatable bonds is 2. The number of hydrogen-bond donors (Lipinski definition) is 0. The molecule has 0 aliphatic heterocycles. The molecule has 1 aromatic carbocycles. The van der Waals surface area contributed by atoms with Crippen LogP contribution in [0.4, 0.5) is 22.0 Å². The molecule has 0 unspecified atom stereocenters. The molecule has 0 amide bonds. The van der Waals surface area contributed by atoms with Crippen LogP contribution in [0.3, 0.4) is 0 Å². The SMILES string of the molecule is N#CCc1cc(Cl)cnc1-c1c(F)c(F)c(F)c(F)c1F. The quantitative estimate of drug-likeness (QED) is 0.473. The van der Waals surface area contributed by atoms with Crippen LogP contribution in [0.2, 0.25) is 5.02 Å². The van der Waals surface area contributed by atoms with Gasteiger partial charge in [0.2, 0.25) is 5.82 Å². The van der Waals surface area contributed by atoms with Crippen LogP contribution in [0.5, 0.6) is 0 Å². The van der Waals surface area contributed by atoms with Crippen molar-refractivity contribution in [2.24, 2.45) is 0 Å². The molecular formula is C13H4ClF5N2. The normalized spacial score (nSPS) is 10.5. The fraction of sp³-hybridized carbons (Fsp3) is 0.0769. The summed E-state index contributed by atoms with van der Waals surface area (Å²) in [5, 5.41) is 8.72. The molecule has 1 heterocycles. The number of aromatic nitrogens is 1. The smallest absolute Gasteiger partial charge is 0.200 e. The summed E-state index contributed by atoms with van der Waals surface area (Å²) in [7, 11) is 0. The van der Waals surface area contributed by atoms with E-state index < -0.39 is 40.3 Å². The minimum absolute atomic E-state index is 0.0480. The van der Waals surface area contributed by atoms with Gasteiger partial charge in [0.05, 0.1) is 28.8 Å². The van der Waals surface area contributed by atoms with Crippen LogP contribution in [-0.2, 0) is 6.42 Å². The lowest BCUT2D eigenvalue weighted by Gasteiger charge is -2.10. The van der Waals surface area contributed by atoms with Gasteiger partial charge in [0.1, 0.15) is 0 Å². The molecule has 21 heavy (non-hydrogen) atoms. The number of benzene rings is 1. The maximum Gasteiger partial charge on any atom is 0.200 e. The second-order valence-corrected chi connectivity index (χ2v) is 4.38. The van der Waals surface area contributed by atoms with Crippen molar-refractivity contribution in [3.63, 3.8) is 0 Å². The highest BCUT2D eigenvalue weighted by Crippen LogP contribution is 2.33. The van der Waals surface area contributed by atoms with Gasteiger partial charge in [-0.15, -0.1) is 0 Å². The largest absolute Gasteiger partial charge is 0.254 e. The molecule has 108 valence electrons. The number of pyridine rings is 1. The number of nitrogens with zero attached hydrogens (tertiary/aromatic N) is 2. The topological polar surface area (TPSA) is 36.7 Å². The van der Waals surface area contributed by atoms with Crippen LogP contribution in [-0.4, -0.2) is 4.98 Å². The molecule has 0 N–H and O–H groups in total. The van der Waals surface area contributed by atoms with Gasteiger partial charge in [-0.1, -0.05) is 11.6 Å². The number of hydrogen-bond acceptors (Lipinski definition) is 2. The Kier molecular flexibility index (Phi) is 4.09. The molecular weight excluding hydrogens is 315 g/mol. The second-order valence-electron chi connectivity index (χ2n) is 3.94. The fourth-order valence-corrected chi connectivity index (χ4v) is 1.92. The molecule has 0 aliphatic carbocycles. The predicted octanol–water partition coefficient (Wildman–Crippen LogP) is 4.16. The van der Waals surface area contributed by atoms with Crippen LogP contribution < -0.4 is 0 Å². The molecule has 0 aliphatic rings. The summed E-state index contributed by atoms with van der Waals surface area (Å²) >= 11 is 5.64. The first kappa shape index (κ1) is 15.2. The Balaban J connectivity index is 2.83. The highest BCUT2D eigenvalue weighted by Gasteiger charge is 2.28. The summed E-state index contributed by atoms with van der Waals surface area (Å²) in [4.78, 5) is 3.58. The summed E-state index contributed by atoms with van der Waals surface area (Å²) in [6.45, 7) is 0. The molecule has 8 heteroatoms. The minimum atomic E-state index is -2.26. The molecule has 0 saturated carbocycles. The van der Waals surface area contributed by atoms with Gasteiger partial charge in [0.25, 0.3) is 0 Å². The van der Waals surface area contributed by atoms with Crippen molar-refractivity contribution in [1.29, 1.82) is 5.26 Å². The summed E-state index contributed by atoms with van der Waals surface area (Å²) in [5.74, 6) is -10.4. The summed E-state index contributed by atoms with van der Waals surface area (Å²) in [5.41, 5.74) is -1.75. The molecule has 0 saturated heterocycles. The first-order valence-corrected chi connectivity index (χ1v) is 5.79. The van der Waals surface area contributed by atoms with E-state index in [1.165, 1.54) is 6.07 Å². The summed E-state index contributed by atoms with van der Waals surface area (Å²) in [6.07, 6.45) is 0.623. The van der Waals surface area contributed by atoms with E-state index in [4.69, 9.17) is 16.9 Å². The van der Waals surface area contributed by atoms with Crippen molar-refractivity contribution in [2.75, 3.05) is 0 Å². The Morgan fingerprint density at radius 2 is 1.52 bits per heavy atom. The second kappa shape index (κ2) is 5.66. The van der Waals surface area contributed by atoms with E-state index in [1.54, 1.807) is 6.07 Å². The van der Waals surface area contributed by atoms with Gasteiger partial charge in [-0.2, -0.15) is 5.26 Å². The minimum Gasteiger partial charge on any atom is -0.254 e. The van der Waals surface area contributed by atoms with Gasteiger partial charge >= 0.3 is 0 Å². The third-order valence-electron chi connectivity index (χ3n) is 2.65. The third-order valence-corrected chi connectivity index (χ3v) is 2.86. The van der Waals surface area contributed by atoms with Gasteiger partial charge in [-0.05, 0) is 11.6 Å². The van der Waals surface area contributed by atoms with Crippen LogP contribution in [0, 0.1) is 40.4 Å². The van der Waals surface area contributed by atoms with Crippen LogP contribution >= 0.6 is 11.6 Å². The number of nitriles is 1. The van der Waals surface area contributed by atoms with E-state index in [0.29, 0.717) is 0 Å². The average Bonchev–Trinajstić information content (AvgIpc) is 2.46. The summed E-state index contributed by atoms with van der Waals surface area (Å²) < 4.78 is 66.9. The van der Waals surface area contributed by atoms with Gasteiger partial charge in [0.15, 0.2) is 23.3 Å². The lowest BCUT2D eigenvalue weighted by atomic mass is 10.0. The highest BCUT2D eigenvalue weighted by atomic mass is 35.5. The standard InChI is InChI=1S/C13H4ClF5N2/c14-6-3-5(1-2-20)13(21-4-6)7-8(15)10(17)12(19)11(18)9(7)16/h3-4H,1H2. The van der Waals surface area contributed by atoms with Crippen molar-refractivity contribution in [2.45, 2.75) is 6.42 Å². The Labute approximate surface area is 120 Å². The average molecular weight is 319 g/mol. The van der Waals surface area contributed by atoms with E-state index in [0.717, 1.165) is 6.20 Å². The fourth-order valence-electron chi connectivity index (χ4n) is 1.74. The molecule has 0 bridgehead atoms. The lowest BCUT2D eigenvalue weighted by molar-refractivity contribution is 0.381. The van der Waals surface area contributed by atoms with Gasteiger partial charge in [-0.25, -0.2) is 22.0 Å². The molecule has 0 fully saturated rings. The monoisotopic (exact) mass is 318 g/mol.